The van der Waals surface area contributed by atoms with Gasteiger partial charge < -0.3 is 10.2 Å². The van der Waals surface area contributed by atoms with Gasteiger partial charge >= 0.3 is 0 Å². The van der Waals surface area contributed by atoms with E-state index in [-0.39, 0.29) is 0 Å². The zero-order valence-electron chi connectivity index (χ0n) is 10.8. The van der Waals surface area contributed by atoms with Crippen LogP contribution in [0.5, 0.6) is 0 Å². The Morgan fingerprint density at radius 3 is 2.19 bits per heavy atom. The molecule has 0 aromatic carbocycles. The third kappa shape index (κ3) is 1.91. The molecule has 3 unspecified atom stereocenters. The topological polar surface area (TPSA) is 15.3 Å². The first-order valence-electron chi connectivity index (χ1n) is 7.25. The molecular formula is C14H26N2. The summed E-state index contributed by atoms with van der Waals surface area (Å²) in [6, 6.07) is 2.66. The largest absolute Gasteiger partial charge is 0.314 e. The molecule has 1 saturated carbocycles. The second-order valence-corrected chi connectivity index (χ2v) is 6.20. The van der Waals surface area contributed by atoms with E-state index in [2.05, 4.69) is 24.2 Å². The number of nitrogens with zero attached hydrogens (tertiary/aromatic N) is 1. The molecule has 2 bridgehead atoms. The minimum absolute atomic E-state index is 0.849. The summed E-state index contributed by atoms with van der Waals surface area (Å²) in [6.07, 6.45) is 8.81. The Balaban J connectivity index is 1.66. The summed E-state index contributed by atoms with van der Waals surface area (Å²) in [4.78, 5) is 2.66. The van der Waals surface area contributed by atoms with Crippen LogP contribution in [0.4, 0.5) is 0 Å². The second kappa shape index (κ2) is 4.30. The van der Waals surface area contributed by atoms with E-state index in [1.54, 1.807) is 0 Å². The second-order valence-electron chi connectivity index (χ2n) is 6.20. The van der Waals surface area contributed by atoms with Crippen LogP contribution in [0.1, 0.15) is 45.4 Å². The van der Waals surface area contributed by atoms with E-state index in [0.717, 1.165) is 36.5 Å². The van der Waals surface area contributed by atoms with Crippen molar-refractivity contribution in [3.8, 4) is 0 Å². The molecule has 0 spiro atoms. The van der Waals surface area contributed by atoms with Gasteiger partial charge in [0.1, 0.15) is 0 Å². The van der Waals surface area contributed by atoms with E-state index in [9.17, 15) is 0 Å². The number of piperidine rings is 1. The van der Waals surface area contributed by atoms with Gasteiger partial charge in [-0.2, -0.15) is 0 Å². The van der Waals surface area contributed by atoms with Gasteiger partial charge in [-0.15, -0.1) is 0 Å². The van der Waals surface area contributed by atoms with E-state index in [4.69, 9.17) is 0 Å². The van der Waals surface area contributed by atoms with Gasteiger partial charge in [-0.05, 0) is 64.0 Å². The zero-order chi connectivity index (χ0) is 11.1. The van der Waals surface area contributed by atoms with Gasteiger partial charge in [-0.3, -0.25) is 0 Å². The highest BCUT2D eigenvalue weighted by Gasteiger charge is 2.44. The van der Waals surface area contributed by atoms with Crippen molar-refractivity contribution >= 4 is 0 Å². The van der Waals surface area contributed by atoms with Gasteiger partial charge in [0.05, 0.1) is 0 Å². The number of fused-ring (bicyclic) bond motifs is 2. The Labute approximate surface area is 99.8 Å². The molecule has 2 nitrogen and oxygen atoms in total. The molecule has 0 amide bonds. The van der Waals surface area contributed by atoms with E-state index in [0.29, 0.717) is 0 Å². The predicted octanol–water partition coefficient (Wildman–Crippen LogP) is 2.25. The quantitative estimate of drug-likeness (QED) is 0.785. The van der Waals surface area contributed by atoms with E-state index in [1.165, 1.54) is 38.5 Å². The highest BCUT2D eigenvalue weighted by Crippen LogP contribution is 2.44. The molecular weight excluding hydrogens is 196 g/mol. The molecule has 3 fully saturated rings. The van der Waals surface area contributed by atoms with Gasteiger partial charge in [0.15, 0.2) is 0 Å². The normalized spacial score (nSPS) is 41.2. The van der Waals surface area contributed by atoms with Crippen molar-refractivity contribution in [1.82, 2.24) is 10.2 Å². The van der Waals surface area contributed by atoms with Gasteiger partial charge in [-0.25, -0.2) is 0 Å². The minimum atomic E-state index is 0.849. The van der Waals surface area contributed by atoms with Crippen LogP contribution in [0.15, 0.2) is 0 Å². The van der Waals surface area contributed by atoms with E-state index in [1.807, 2.05) is 0 Å². The summed E-state index contributed by atoms with van der Waals surface area (Å²) in [6.45, 7) is 3.42. The SMILES string of the molecule is CCNC(C1CC1)C1CC2CCC(C1)N2C. The van der Waals surface area contributed by atoms with Crippen molar-refractivity contribution < 1.29 is 0 Å². The van der Waals surface area contributed by atoms with Gasteiger partial charge in [-0.1, -0.05) is 6.92 Å². The molecule has 0 radical (unpaired) electrons. The molecule has 2 saturated heterocycles. The van der Waals surface area contributed by atoms with Crippen molar-refractivity contribution in [1.29, 1.82) is 0 Å². The van der Waals surface area contributed by atoms with Crippen LogP contribution >= 0.6 is 0 Å². The molecule has 16 heavy (non-hydrogen) atoms. The van der Waals surface area contributed by atoms with Crippen LogP contribution < -0.4 is 5.32 Å². The summed E-state index contributed by atoms with van der Waals surface area (Å²) in [5, 5.41) is 3.78. The Bertz CT molecular complexity index is 235. The van der Waals surface area contributed by atoms with Crippen molar-refractivity contribution in [2.45, 2.75) is 63.6 Å². The number of nitrogens with one attached hydrogen (secondary N) is 1. The van der Waals surface area contributed by atoms with Crippen molar-refractivity contribution in [3.63, 3.8) is 0 Å². The molecule has 2 aliphatic heterocycles. The lowest BCUT2D eigenvalue weighted by molar-refractivity contribution is 0.107. The van der Waals surface area contributed by atoms with Crippen LogP contribution in [0.3, 0.4) is 0 Å². The van der Waals surface area contributed by atoms with Gasteiger partial charge in [0.25, 0.3) is 0 Å². The van der Waals surface area contributed by atoms with Crippen LogP contribution in [-0.4, -0.2) is 36.6 Å². The Morgan fingerprint density at radius 2 is 1.69 bits per heavy atom. The maximum Gasteiger partial charge on any atom is 0.0125 e. The smallest absolute Gasteiger partial charge is 0.0125 e. The fraction of sp³-hybridized carbons (Fsp3) is 1.00. The van der Waals surface area contributed by atoms with Crippen LogP contribution in [0.2, 0.25) is 0 Å². The molecule has 3 aliphatic rings. The van der Waals surface area contributed by atoms with E-state index < -0.39 is 0 Å². The highest BCUT2D eigenvalue weighted by molar-refractivity contribution is 5.00. The van der Waals surface area contributed by atoms with E-state index >= 15 is 0 Å². The zero-order valence-corrected chi connectivity index (χ0v) is 10.8. The molecule has 3 rings (SSSR count). The third-order valence-electron chi connectivity index (χ3n) is 5.21. The molecule has 92 valence electrons. The lowest BCUT2D eigenvalue weighted by Gasteiger charge is -2.40. The maximum atomic E-state index is 3.78. The van der Waals surface area contributed by atoms with Crippen molar-refractivity contribution in [2.75, 3.05) is 13.6 Å². The van der Waals surface area contributed by atoms with Gasteiger partial charge in [0, 0.05) is 18.1 Å². The molecule has 0 aromatic rings. The Hall–Kier alpha value is -0.0800. The van der Waals surface area contributed by atoms with Crippen LogP contribution in [0, 0.1) is 11.8 Å². The fourth-order valence-corrected chi connectivity index (χ4v) is 4.16. The third-order valence-corrected chi connectivity index (χ3v) is 5.21. The van der Waals surface area contributed by atoms with Crippen molar-refractivity contribution in [3.05, 3.63) is 0 Å². The van der Waals surface area contributed by atoms with Crippen LogP contribution in [-0.2, 0) is 0 Å². The average molecular weight is 222 g/mol. The molecule has 2 heteroatoms. The average Bonchev–Trinajstić information content (AvgIpc) is 3.08. The Morgan fingerprint density at radius 1 is 1.06 bits per heavy atom. The maximum absolute atomic E-state index is 3.78. The fourth-order valence-electron chi connectivity index (χ4n) is 4.16. The summed E-state index contributed by atoms with van der Waals surface area (Å²) in [5.74, 6) is 1.99. The molecule has 3 atom stereocenters. The first kappa shape index (κ1) is 11.0. The molecule has 2 heterocycles. The number of hydrogen-bond donors (Lipinski definition) is 1. The lowest BCUT2D eigenvalue weighted by atomic mass is 9.83. The van der Waals surface area contributed by atoms with Gasteiger partial charge in [0.2, 0.25) is 0 Å². The minimum Gasteiger partial charge on any atom is -0.314 e. The monoisotopic (exact) mass is 222 g/mol. The number of hydrogen-bond acceptors (Lipinski definition) is 2. The lowest BCUT2D eigenvalue weighted by Crippen LogP contribution is -2.47. The highest BCUT2D eigenvalue weighted by atomic mass is 15.2. The summed E-state index contributed by atoms with van der Waals surface area (Å²) >= 11 is 0. The summed E-state index contributed by atoms with van der Waals surface area (Å²) in [7, 11) is 2.35. The summed E-state index contributed by atoms with van der Waals surface area (Å²) in [5.41, 5.74) is 0. The number of rotatable bonds is 4. The molecule has 1 aliphatic carbocycles. The first-order chi connectivity index (χ1) is 7.79. The predicted molar refractivity (Wildman–Crippen MR) is 67.5 cm³/mol. The first-order valence-corrected chi connectivity index (χ1v) is 7.25. The Kier molecular flexibility index (Phi) is 2.97. The molecule has 0 aromatic heterocycles. The molecule has 1 N–H and O–H groups in total. The standard InChI is InChI=1S/C14H26N2/c1-3-15-14(10-4-5-10)11-8-12-6-7-13(9-11)16(12)2/h10-15H,3-9H2,1-2H3. The van der Waals surface area contributed by atoms with Crippen molar-refractivity contribution in [2.24, 2.45) is 11.8 Å². The van der Waals surface area contributed by atoms with Crippen LogP contribution in [0.25, 0.3) is 0 Å². The summed E-state index contributed by atoms with van der Waals surface area (Å²) < 4.78 is 0.